The largest absolute Gasteiger partial charge is 0.493 e. The smallest absolute Gasteiger partial charge is 0.316 e. The van der Waals surface area contributed by atoms with Gasteiger partial charge in [0.05, 0.1) is 38.3 Å². The summed E-state index contributed by atoms with van der Waals surface area (Å²) in [5.41, 5.74) is 5.84. The minimum Gasteiger partial charge on any atom is -0.493 e. The molecule has 0 saturated heterocycles. The van der Waals surface area contributed by atoms with Gasteiger partial charge in [0.2, 0.25) is 5.75 Å². The molecule has 4 aromatic rings. The fourth-order valence-electron chi connectivity index (χ4n) is 4.55. The van der Waals surface area contributed by atoms with E-state index in [-0.39, 0.29) is 18.4 Å². The summed E-state index contributed by atoms with van der Waals surface area (Å²) in [6, 6.07) is 15.5. The Bertz CT molecular complexity index is 1490. The number of ether oxygens (including phenoxy) is 4. The van der Waals surface area contributed by atoms with Crippen LogP contribution in [0.4, 0.5) is 0 Å². The molecule has 8 nitrogen and oxygen atoms in total. The molecule has 5 rings (SSSR count). The van der Waals surface area contributed by atoms with E-state index in [2.05, 4.69) is 45.3 Å². The minimum atomic E-state index is -0.252. The maximum Gasteiger partial charge on any atom is 0.316 e. The monoisotopic (exact) mass is 523 g/mol. The van der Waals surface area contributed by atoms with Crippen molar-refractivity contribution in [2.24, 2.45) is 0 Å². The summed E-state index contributed by atoms with van der Waals surface area (Å²) in [5, 5.41) is 0. The Kier molecular flexibility index (Phi) is 7.82. The Morgan fingerprint density at radius 2 is 1.74 bits per heavy atom. The van der Waals surface area contributed by atoms with Gasteiger partial charge in [0.25, 0.3) is 0 Å². The maximum absolute atomic E-state index is 13.8. The van der Waals surface area contributed by atoms with Crippen LogP contribution in [0.3, 0.4) is 0 Å². The number of aromatic nitrogens is 3. The van der Waals surface area contributed by atoms with Gasteiger partial charge in [0.1, 0.15) is 6.61 Å². The molecule has 2 heterocycles. The summed E-state index contributed by atoms with van der Waals surface area (Å²) >= 11 is 0. The van der Waals surface area contributed by atoms with Gasteiger partial charge in [-0.15, -0.1) is 0 Å². The number of aryl methyl sites for hydroxylation is 2. The second-order valence-corrected chi connectivity index (χ2v) is 9.01. The highest BCUT2D eigenvalue weighted by molar-refractivity contribution is 6.10. The molecule has 2 aromatic heterocycles. The number of nitrogens with zero attached hydrogens (tertiary/aromatic N) is 3. The highest BCUT2D eigenvalue weighted by Crippen LogP contribution is 2.39. The first-order valence-corrected chi connectivity index (χ1v) is 12.6. The van der Waals surface area contributed by atoms with Crippen LogP contribution in [0.15, 0.2) is 67.0 Å². The van der Waals surface area contributed by atoms with Crippen molar-refractivity contribution in [2.45, 2.75) is 25.9 Å². The average Bonchev–Trinajstić information content (AvgIpc) is 3.46. The van der Waals surface area contributed by atoms with Crippen LogP contribution >= 0.6 is 0 Å². The first-order chi connectivity index (χ1) is 19.1. The zero-order valence-corrected chi connectivity index (χ0v) is 22.1. The standard InChI is InChI=1S/C31H29N3O5/c1-36-27-16-23(17-28(37-2)30(27)38-3)29(35)25-18-33-31(39-19-24-9-4-5-14-32-24)34-26(25)13-11-20-10-12-21-7-6-8-22(21)15-20/h4-6,8-10,12,14-18H,7,11,13,19H2,1-3H3. The zero-order valence-electron chi connectivity index (χ0n) is 22.1. The molecule has 0 aliphatic heterocycles. The number of methoxy groups -OCH3 is 3. The Balaban J connectivity index is 1.46. The molecule has 0 amide bonds. The number of allylic oxidation sites excluding steroid dienone is 1. The molecule has 0 unspecified atom stereocenters. The molecule has 0 fully saturated rings. The lowest BCUT2D eigenvalue weighted by Crippen LogP contribution is -2.12. The van der Waals surface area contributed by atoms with E-state index in [1.165, 1.54) is 44.2 Å². The number of fused-ring (bicyclic) bond motifs is 1. The summed E-state index contributed by atoms with van der Waals surface area (Å²) in [4.78, 5) is 27.0. The van der Waals surface area contributed by atoms with Gasteiger partial charge in [-0.1, -0.05) is 36.4 Å². The quantitative estimate of drug-likeness (QED) is 0.252. The van der Waals surface area contributed by atoms with Crippen LogP contribution in [-0.2, 0) is 25.9 Å². The Labute approximate surface area is 227 Å². The predicted octanol–water partition coefficient (Wildman–Crippen LogP) is 5.06. The first-order valence-electron chi connectivity index (χ1n) is 12.6. The second kappa shape index (κ2) is 11.8. The van der Waals surface area contributed by atoms with E-state index in [1.54, 1.807) is 18.3 Å². The molecule has 198 valence electrons. The number of carbonyl (C=O) groups is 1. The molecule has 8 heteroatoms. The number of ketones is 1. The van der Waals surface area contributed by atoms with Crippen LogP contribution in [0.1, 0.15) is 44.0 Å². The van der Waals surface area contributed by atoms with E-state index in [9.17, 15) is 4.79 Å². The number of hydrogen-bond acceptors (Lipinski definition) is 8. The van der Waals surface area contributed by atoms with Crippen molar-refractivity contribution in [2.75, 3.05) is 21.3 Å². The third kappa shape index (κ3) is 5.75. The molecule has 0 bridgehead atoms. The molecule has 0 radical (unpaired) electrons. The summed E-state index contributed by atoms with van der Waals surface area (Å²) in [6.07, 6.45) is 9.73. The van der Waals surface area contributed by atoms with Crippen LogP contribution in [0.25, 0.3) is 6.08 Å². The highest BCUT2D eigenvalue weighted by Gasteiger charge is 2.22. The topological polar surface area (TPSA) is 92.7 Å². The molecule has 1 aliphatic rings. The summed E-state index contributed by atoms with van der Waals surface area (Å²) in [6.45, 7) is 0.220. The van der Waals surface area contributed by atoms with Crippen molar-refractivity contribution in [3.05, 3.63) is 106 Å². The normalized spacial score (nSPS) is 11.7. The van der Waals surface area contributed by atoms with Crippen LogP contribution in [0, 0.1) is 0 Å². The maximum atomic E-state index is 13.8. The van der Waals surface area contributed by atoms with Crippen LogP contribution < -0.4 is 18.9 Å². The lowest BCUT2D eigenvalue weighted by Gasteiger charge is -2.15. The SMILES string of the molecule is COc1cc(C(=O)c2cnc(OCc3ccccn3)nc2CCc2ccc3c(c2)C=CC3)cc(OC)c1OC. The van der Waals surface area contributed by atoms with Crippen molar-refractivity contribution in [1.82, 2.24) is 15.0 Å². The van der Waals surface area contributed by atoms with Crippen molar-refractivity contribution >= 4 is 11.9 Å². The first kappa shape index (κ1) is 25.9. The highest BCUT2D eigenvalue weighted by atomic mass is 16.5. The summed E-state index contributed by atoms with van der Waals surface area (Å²) in [5.74, 6) is 0.947. The van der Waals surface area contributed by atoms with E-state index < -0.39 is 0 Å². The number of benzene rings is 2. The Morgan fingerprint density at radius 3 is 2.46 bits per heavy atom. The van der Waals surface area contributed by atoms with E-state index >= 15 is 0 Å². The third-order valence-electron chi connectivity index (χ3n) is 6.59. The zero-order chi connectivity index (χ0) is 27.2. The van der Waals surface area contributed by atoms with Crippen molar-refractivity contribution < 1.29 is 23.7 Å². The van der Waals surface area contributed by atoms with Gasteiger partial charge in [-0.2, -0.15) is 4.98 Å². The number of carbonyl (C=O) groups excluding carboxylic acids is 1. The molecule has 1 aliphatic carbocycles. The van der Waals surface area contributed by atoms with Crippen LogP contribution in [0.2, 0.25) is 0 Å². The molecule has 0 N–H and O–H groups in total. The van der Waals surface area contributed by atoms with Gasteiger partial charge >= 0.3 is 6.01 Å². The van der Waals surface area contributed by atoms with Crippen molar-refractivity contribution in [1.29, 1.82) is 0 Å². The van der Waals surface area contributed by atoms with Crippen molar-refractivity contribution in [3.63, 3.8) is 0 Å². The fraction of sp³-hybridized carbons (Fsp3) is 0.226. The summed E-state index contributed by atoms with van der Waals surface area (Å²) < 4.78 is 22.1. The minimum absolute atomic E-state index is 0.189. The lowest BCUT2D eigenvalue weighted by molar-refractivity contribution is 0.103. The van der Waals surface area contributed by atoms with E-state index in [0.29, 0.717) is 46.9 Å². The molecule has 39 heavy (non-hydrogen) atoms. The van der Waals surface area contributed by atoms with Gasteiger partial charge in [0, 0.05) is 18.0 Å². The van der Waals surface area contributed by atoms with E-state index in [1.807, 2.05) is 18.2 Å². The molecular formula is C31H29N3O5. The van der Waals surface area contributed by atoms with Crippen LogP contribution in [0.5, 0.6) is 23.3 Å². The Hall–Kier alpha value is -4.72. The summed E-state index contributed by atoms with van der Waals surface area (Å²) in [7, 11) is 4.55. The average molecular weight is 524 g/mol. The molecule has 0 saturated carbocycles. The Morgan fingerprint density at radius 1 is 0.923 bits per heavy atom. The number of rotatable bonds is 11. The molecule has 0 spiro atoms. The number of pyridine rings is 1. The van der Waals surface area contributed by atoms with Gasteiger partial charge in [0.15, 0.2) is 17.3 Å². The molecule has 2 aromatic carbocycles. The van der Waals surface area contributed by atoms with Gasteiger partial charge in [-0.25, -0.2) is 4.98 Å². The van der Waals surface area contributed by atoms with Crippen LogP contribution in [-0.4, -0.2) is 42.1 Å². The molecule has 0 atom stereocenters. The van der Waals surface area contributed by atoms with E-state index in [0.717, 1.165) is 12.1 Å². The molecular weight excluding hydrogens is 494 g/mol. The van der Waals surface area contributed by atoms with Gasteiger partial charge < -0.3 is 18.9 Å². The van der Waals surface area contributed by atoms with Gasteiger partial charge in [-0.05, 0) is 60.2 Å². The fourth-order valence-corrected chi connectivity index (χ4v) is 4.55. The third-order valence-corrected chi connectivity index (χ3v) is 6.59. The van der Waals surface area contributed by atoms with Crippen molar-refractivity contribution in [3.8, 4) is 23.3 Å². The van der Waals surface area contributed by atoms with E-state index in [4.69, 9.17) is 18.9 Å². The second-order valence-electron chi connectivity index (χ2n) is 9.01. The van der Waals surface area contributed by atoms with Gasteiger partial charge in [-0.3, -0.25) is 9.78 Å². The predicted molar refractivity (Wildman–Crippen MR) is 147 cm³/mol. The lowest BCUT2D eigenvalue weighted by atomic mass is 9.97. The number of hydrogen-bond donors (Lipinski definition) is 0.